The summed E-state index contributed by atoms with van der Waals surface area (Å²) >= 11 is 0. The Bertz CT molecular complexity index is 327. The Morgan fingerprint density at radius 1 is 1.26 bits per heavy atom. The standard InChI is InChI=1S/C15H27NO3/c1-14(2,3)19-13(18)16(5)12(11-17)15(4)9-7-6-8-10-15/h11-12H,6-10H2,1-5H3. The van der Waals surface area contributed by atoms with Crippen molar-refractivity contribution in [1.29, 1.82) is 0 Å². The Hall–Kier alpha value is -1.06. The summed E-state index contributed by atoms with van der Waals surface area (Å²) in [6, 6.07) is -0.400. The molecule has 0 aliphatic heterocycles. The second kappa shape index (κ2) is 5.93. The van der Waals surface area contributed by atoms with Crippen LogP contribution in [0.4, 0.5) is 4.79 Å². The maximum Gasteiger partial charge on any atom is 0.410 e. The number of nitrogens with zero attached hydrogens (tertiary/aromatic N) is 1. The number of hydrogen-bond donors (Lipinski definition) is 0. The molecule has 0 heterocycles. The number of rotatable bonds is 3. The van der Waals surface area contributed by atoms with Gasteiger partial charge in [-0.1, -0.05) is 26.2 Å². The van der Waals surface area contributed by atoms with Gasteiger partial charge >= 0.3 is 6.09 Å². The maximum atomic E-state index is 12.1. The van der Waals surface area contributed by atoms with E-state index in [4.69, 9.17) is 4.74 Å². The predicted octanol–water partition coefficient (Wildman–Crippen LogP) is 3.39. The number of amides is 1. The molecule has 4 heteroatoms. The van der Waals surface area contributed by atoms with Crippen molar-refractivity contribution in [1.82, 2.24) is 4.90 Å². The lowest BCUT2D eigenvalue weighted by molar-refractivity contribution is -0.117. The molecule has 110 valence electrons. The lowest BCUT2D eigenvalue weighted by Crippen LogP contribution is -2.50. The Morgan fingerprint density at radius 2 is 1.79 bits per heavy atom. The number of ether oxygens (including phenoxy) is 1. The molecule has 1 atom stereocenters. The fraction of sp³-hybridized carbons (Fsp3) is 0.867. The number of hydrogen-bond acceptors (Lipinski definition) is 3. The monoisotopic (exact) mass is 269 g/mol. The van der Waals surface area contributed by atoms with Gasteiger partial charge in [-0.2, -0.15) is 0 Å². The van der Waals surface area contributed by atoms with Crippen LogP contribution in [0.3, 0.4) is 0 Å². The van der Waals surface area contributed by atoms with Crippen LogP contribution in [0.5, 0.6) is 0 Å². The number of likely N-dealkylation sites (N-methyl/N-ethyl adjacent to an activating group) is 1. The Kier molecular flexibility index (Phi) is 4.99. The molecular weight excluding hydrogens is 242 g/mol. The summed E-state index contributed by atoms with van der Waals surface area (Å²) < 4.78 is 5.35. The minimum absolute atomic E-state index is 0.119. The van der Waals surface area contributed by atoms with Crippen LogP contribution < -0.4 is 0 Å². The average molecular weight is 269 g/mol. The fourth-order valence-corrected chi connectivity index (χ4v) is 2.83. The Balaban J connectivity index is 2.78. The first kappa shape index (κ1) is 16.0. The Labute approximate surface area is 116 Å². The van der Waals surface area contributed by atoms with Crippen molar-refractivity contribution >= 4 is 12.4 Å². The van der Waals surface area contributed by atoms with Crippen LogP contribution >= 0.6 is 0 Å². The van der Waals surface area contributed by atoms with Gasteiger partial charge in [0.15, 0.2) is 0 Å². The van der Waals surface area contributed by atoms with E-state index in [-0.39, 0.29) is 5.41 Å². The zero-order chi connectivity index (χ0) is 14.7. The highest BCUT2D eigenvalue weighted by atomic mass is 16.6. The van der Waals surface area contributed by atoms with Crippen LogP contribution in [0, 0.1) is 5.41 Å². The van der Waals surface area contributed by atoms with Gasteiger partial charge in [-0.25, -0.2) is 4.79 Å². The SMILES string of the molecule is CN(C(=O)OC(C)(C)C)C(C=O)C1(C)CCCCC1. The second-order valence-electron chi connectivity index (χ2n) is 6.89. The molecule has 1 fully saturated rings. The van der Waals surface area contributed by atoms with Gasteiger partial charge in [-0.05, 0) is 39.0 Å². The molecule has 1 aliphatic carbocycles. The third kappa shape index (κ3) is 4.22. The normalized spacial score (nSPS) is 20.5. The summed E-state index contributed by atoms with van der Waals surface area (Å²) in [5.74, 6) is 0. The summed E-state index contributed by atoms with van der Waals surface area (Å²) in [7, 11) is 1.66. The summed E-state index contributed by atoms with van der Waals surface area (Å²) in [5, 5.41) is 0. The summed E-state index contributed by atoms with van der Waals surface area (Å²) in [6.07, 6.45) is 5.93. The molecule has 1 rings (SSSR count). The van der Waals surface area contributed by atoms with Crippen molar-refractivity contribution < 1.29 is 14.3 Å². The number of carbonyl (C=O) groups excluding carboxylic acids is 2. The summed E-state index contributed by atoms with van der Waals surface area (Å²) in [4.78, 5) is 25.0. The Morgan fingerprint density at radius 3 is 2.21 bits per heavy atom. The van der Waals surface area contributed by atoms with E-state index in [0.29, 0.717) is 0 Å². The first-order chi connectivity index (χ1) is 8.69. The van der Waals surface area contributed by atoms with Crippen LogP contribution in [0.1, 0.15) is 59.8 Å². The van der Waals surface area contributed by atoms with Crippen molar-refractivity contribution in [3.05, 3.63) is 0 Å². The van der Waals surface area contributed by atoms with Gasteiger partial charge < -0.3 is 14.4 Å². The largest absolute Gasteiger partial charge is 0.444 e. The van der Waals surface area contributed by atoms with Crippen molar-refractivity contribution in [2.24, 2.45) is 5.41 Å². The highest BCUT2D eigenvalue weighted by molar-refractivity contribution is 5.74. The third-order valence-electron chi connectivity index (χ3n) is 3.94. The minimum atomic E-state index is -0.535. The van der Waals surface area contributed by atoms with Crippen molar-refractivity contribution in [2.75, 3.05) is 7.05 Å². The lowest BCUT2D eigenvalue weighted by atomic mass is 9.70. The van der Waals surface area contributed by atoms with Crippen molar-refractivity contribution in [2.45, 2.75) is 71.4 Å². The quantitative estimate of drug-likeness (QED) is 0.738. The van der Waals surface area contributed by atoms with Crippen molar-refractivity contribution in [3.8, 4) is 0 Å². The molecule has 0 saturated heterocycles. The van der Waals surface area contributed by atoms with E-state index < -0.39 is 17.7 Å². The van der Waals surface area contributed by atoms with E-state index in [2.05, 4.69) is 6.92 Å². The van der Waals surface area contributed by atoms with Gasteiger partial charge in [0.2, 0.25) is 0 Å². The molecule has 0 N–H and O–H groups in total. The van der Waals surface area contributed by atoms with Crippen LogP contribution in [-0.4, -0.2) is 36.0 Å². The molecule has 19 heavy (non-hydrogen) atoms. The highest BCUT2D eigenvalue weighted by Gasteiger charge is 2.40. The van der Waals surface area contributed by atoms with E-state index >= 15 is 0 Å². The first-order valence-corrected chi connectivity index (χ1v) is 7.11. The molecule has 1 unspecified atom stereocenters. The molecule has 0 aromatic rings. The van der Waals surface area contributed by atoms with Crippen LogP contribution in [0.15, 0.2) is 0 Å². The highest BCUT2D eigenvalue weighted by Crippen LogP contribution is 2.40. The first-order valence-electron chi connectivity index (χ1n) is 7.11. The van der Waals surface area contributed by atoms with Gasteiger partial charge in [0, 0.05) is 7.05 Å². The third-order valence-corrected chi connectivity index (χ3v) is 3.94. The predicted molar refractivity (Wildman–Crippen MR) is 75.0 cm³/mol. The average Bonchev–Trinajstić information content (AvgIpc) is 2.28. The van der Waals surface area contributed by atoms with E-state index in [1.165, 1.54) is 11.3 Å². The minimum Gasteiger partial charge on any atom is -0.444 e. The van der Waals surface area contributed by atoms with Crippen LogP contribution in [-0.2, 0) is 9.53 Å². The summed E-state index contributed by atoms with van der Waals surface area (Å²) in [6.45, 7) is 7.59. The molecule has 0 radical (unpaired) electrons. The molecule has 4 nitrogen and oxygen atoms in total. The second-order valence-corrected chi connectivity index (χ2v) is 6.89. The van der Waals surface area contributed by atoms with Gasteiger partial charge in [0.25, 0.3) is 0 Å². The summed E-state index contributed by atoms with van der Waals surface area (Å²) in [5.41, 5.74) is -0.655. The molecular formula is C15H27NO3. The van der Waals surface area contributed by atoms with Crippen LogP contribution in [0.25, 0.3) is 0 Å². The molecule has 1 amide bonds. The van der Waals surface area contributed by atoms with Gasteiger partial charge in [-0.15, -0.1) is 0 Å². The molecule has 0 bridgehead atoms. The number of carbonyl (C=O) groups is 2. The van der Waals surface area contributed by atoms with Gasteiger partial charge in [0.1, 0.15) is 11.9 Å². The molecule has 0 aromatic heterocycles. The van der Waals surface area contributed by atoms with Crippen molar-refractivity contribution in [3.63, 3.8) is 0 Å². The zero-order valence-corrected chi connectivity index (χ0v) is 12.9. The number of aldehydes is 1. The van der Waals surface area contributed by atoms with Gasteiger partial charge in [-0.3, -0.25) is 0 Å². The lowest BCUT2D eigenvalue weighted by Gasteiger charge is -2.42. The fourth-order valence-electron chi connectivity index (χ4n) is 2.83. The molecule has 1 saturated carbocycles. The molecule has 0 aromatic carbocycles. The molecule has 0 spiro atoms. The van der Waals surface area contributed by atoms with E-state index in [1.54, 1.807) is 7.05 Å². The maximum absolute atomic E-state index is 12.1. The zero-order valence-electron chi connectivity index (χ0n) is 12.9. The van der Waals surface area contributed by atoms with Crippen LogP contribution in [0.2, 0.25) is 0 Å². The smallest absolute Gasteiger partial charge is 0.410 e. The molecule has 1 aliphatic rings. The topological polar surface area (TPSA) is 46.6 Å². The van der Waals surface area contributed by atoms with Gasteiger partial charge in [0.05, 0.1) is 6.04 Å². The van der Waals surface area contributed by atoms with E-state index in [1.807, 2.05) is 20.8 Å². The van der Waals surface area contributed by atoms with E-state index in [0.717, 1.165) is 32.0 Å². The van der Waals surface area contributed by atoms with E-state index in [9.17, 15) is 9.59 Å².